The van der Waals surface area contributed by atoms with E-state index in [1.165, 1.54) is 0 Å². The lowest BCUT2D eigenvalue weighted by molar-refractivity contribution is -0.141. The summed E-state index contributed by atoms with van der Waals surface area (Å²) in [5.41, 5.74) is 3.26. The molecule has 42 heavy (non-hydrogen) atoms. The molecule has 1 aliphatic carbocycles. The lowest BCUT2D eigenvalue weighted by atomic mass is 9.73. The van der Waals surface area contributed by atoms with E-state index in [1.54, 1.807) is 0 Å². The second kappa shape index (κ2) is 11.4. The van der Waals surface area contributed by atoms with Crippen LogP contribution in [0.25, 0.3) is 22.0 Å². The lowest BCUT2D eigenvalue weighted by Gasteiger charge is -2.40. The summed E-state index contributed by atoms with van der Waals surface area (Å²) in [6.07, 6.45) is -2.48. The first-order chi connectivity index (χ1) is 20.3. The number of halogens is 3. The van der Waals surface area contributed by atoms with E-state index >= 15 is 0 Å². The van der Waals surface area contributed by atoms with Gasteiger partial charge in [-0.05, 0) is 66.8 Å². The molecule has 218 valence electrons. The maximum atomic E-state index is 13.7. The fraction of sp³-hybridized carbons (Fsp3) is 0.353. The summed E-state index contributed by atoms with van der Waals surface area (Å²) in [5.74, 6) is 0.410. The smallest absolute Gasteiger partial charge is 0.354 e. The zero-order valence-electron chi connectivity index (χ0n) is 23.7. The molecule has 1 N–H and O–H groups in total. The molecular weight excluding hydrogens is 537 g/mol. The van der Waals surface area contributed by atoms with Gasteiger partial charge in [-0.2, -0.15) is 13.2 Å². The number of pyridine rings is 1. The number of amides is 1. The Labute approximate surface area is 244 Å². The van der Waals surface area contributed by atoms with Crippen LogP contribution in [0.5, 0.6) is 0 Å². The molecule has 4 aromatic rings. The van der Waals surface area contributed by atoms with Crippen LogP contribution in [-0.2, 0) is 10.2 Å². The molecule has 1 aliphatic heterocycles. The van der Waals surface area contributed by atoms with Gasteiger partial charge in [0.15, 0.2) is 0 Å². The molecular formula is C34H35F3N4O. The highest BCUT2D eigenvalue weighted by Gasteiger charge is 2.49. The zero-order valence-corrected chi connectivity index (χ0v) is 23.7. The Morgan fingerprint density at radius 3 is 2.26 bits per heavy atom. The van der Waals surface area contributed by atoms with E-state index in [4.69, 9.17) is 4.98 Å². The van der Waals surface area contributed by atoms with Crippen molar-refractivity contribution in [2.45, 2.75) is 43.8 Å². The Balaban J connectivity index is 1.14. The Morgan fingerprint density at radius 2 is 1.57 bits per heavy atom. The topological polar surface area (TPSA) is 48.5 Å². The van der Waals surface area contributed by atoms with E-state index in [9.17, 15) is 18.0 Å². The summed E-state index contributed by atoms with van der Waals surface area (Å²) in [6.45, 7) is 4.40. The molecule has 1 aromatic heterocycles. The third-order valence-electron chi connectivity index (χ3n) is 8.82. The Bertz CT molecular complexity index is 1540. The predicted octanol–water partition coefficient (Wildman–Crippen LogP) is 6.56. The van der Waals surface area contributed by atoms with Gasteiger partial charge in [0.05, 0.1) is 5.52 Å². The standard InChI is InChI=1S/C34H35F3N4O/c1-24-22-41(31-17-16-25-10-2-7-15-30(25)39-31)21-20-40(24)19-9-8-18-33(32(42)38-23-34(35,36)37)28-13-5-3-11-26(28)27-12-4-6-14-29(27)33/h2-7,10-17,24H,8-9,18-23H2,1H3,(H,38,42)/t24-/m0/s1. The highest BCUT2D eigenvalue weighted by molar-refractivity contribution is 6.00. The fourth-order valence-electron chi connectivity index (χ4n) is 6.76. The van der Waals surface area contributed by atoms with Crippen LogP contribution in [0.2, 0.25) is 0 Å². The van der Waals surface area contributed by atoms with Crippen LogP contribution >= 0.6 is 0 Å². The van der Waals surface area contributed by atoms with E-state index in [2.05, 4.69) is 40.2 Å². The average Bonchev–Trinajstić information content (AvgIpc) is 3.29. The molecule has 6 rings (SSSR count). The van der Waals surface area contributed by atoms with Crippen molar-refractivity contribution in [3.05, 3.63) is 96.1 Å². The number of para-hydroxylation sites is 1. The van der Waals surface area contributed by atoms with Gasteiger partial charge in [-0.25, -0.2) is 4.98 Å². The molecule has 1 amide bonds. The molecule has 0 unspecified atom stereocenters. The second-order valence-electron chi connectivity index (χ2n) is 11.4. The van der Waals surface area contributed by atoms with Crippen LogP contribution in [0, 0.1) is 0 Å². The monoisotopic (exact) mass is 572 g/mol. The van der Waals surface area contributed by atoms with Crippen molar-refractivity contribution in [3.8, 4) is 11.1 Å². The lowest BCUT2D eigenvalue weighted by Crippen LogP contribution is -2.52. The van der Waals surface area contributed by atoms with Crippen molar-refractivity contribution < 1.29 is 18.0 Å². The Kier molecular flexibility index (Phi) is 7.66. The number of hydrogen-bond donors (Lipinski definition) is 1. The number of carbonyl (C=O) groups excluding carboxylic acids is 1. The minimum absolute atomic E-state index is 0.323. The van der Waals surface area contributed by atoms with Gasteiger partial charge in [-0.1, -0.05) is 73.2 Å². The number of anilines is 1. The Morgan fingerprint density at radius 1 is 0.905 bits per heavy atom. The SMILES string of the molecule is C[C@H]1CN(c2ccc3ccccc3n2)CCN1CCCCC1(C(=O)NCC(F)(F)F)c2ccccc2-c2ccccc21. The van der Waals surface area contributed by atoms with Gasteiger partial charge in [0, 0.05) is 31.1 Å². The zero-order chi connectivity index (χ0) is 29.3. The van der Waals surface area contributed by atoms with Gasteiger partial charge >= 0.3 is 6.18 Å². The molecule has 8 heteroatoms. The van der Waals surface area contributed by atoms with Gasteiger partial charge in [0.1, 0.15) is 17.8 Å². The maximum Gasteiger partial charge on any atom is 0.405 e. The van der Waals surface area contributed by atoms with Crippen molar-refractivity contribution in [1.29, 1.82) is 0 Å². The van der Waals surface area contributed by atoms with Gasteiger partial charge in [0.2, 0.25) is 5.91 Å². The van der Waals surface area contributed by atoms with Crippen molar-refractivity contribution in [2.24, 2.45) is 0 Å². The largest absolute Gasteiger partial charge is 0.405 e. The van der Waals surface area contributed by atoms with Crippen LogP contribution < -0.4 is 10.2 Å². The second-order valence-corrected chi connectivity index (χ2v) is 11.4. The first kappa shape index (κ1) is 28.2. The van der Waals surface area contributed by atoms with Crippen LogP contribution in [0.4, 0.5) is 19.0 Å². The number of hydrogen-bond acceptors (Lipinski definition) is 4. The van der Waals surface area contributed by atoms with E-state index in [-0.39, 0.29) is 0 Å². The number of nitrogens with one attached hydrogen (secondary N) is 1. The van der Waals surface area contributed by atoms with Gasteiger partial charge in [-0.3, -0.25) is 9.69 Å². The van der Waals surface area contributed by atoms with Crippen molar-refractivity contribution in [3.63, 3.8) is 0 Å². The summed E-state index contributed by atoms with van der Waals surface area (Å²) < 4.78 is 39.4. The number of carbonyl (C=O) groups is 1. The highest BCUT2D eigenvalue weighted by Crippen LogP contribution is 2.51. The third-order valence-corrected chi connectivity index (χ3v) is 8.82. The molecule has 0 spiro atoms. The third kappa shape index (κ3) is 5.36. The number of aromatic nitrogens is 1. The van der Waals surface area contributed by atoms with Crippen LogP contribution in [0.1, 0.15) is 37.3 Å². The molecule has 5 nitrogen and oxygen atoms in total. The summed E-state index contributed by atoms with van der Waals surface area (Å²) in [6, 6.07) is 27.9. The fourth-order valence-corrected chi connectivity index (χ4v) is 6.76. The van der Waals surface area contributed by atoms with Crippen LogP contribution in [0.3, 0.4) is 0 Å². The number of fused-ring (bicyclic) bond motifs is 4. The Hall–Kier alpha value is -3.91. The minimum atomic E-state index is -4.48. The normalized spacial score (nSPS) is 18.1. The summed E-state index contributed by atoms with van der Waals surface area (Å²) in [5, 5.41) is 3.36. The molecule has 3 aromatic carbocycles. The molecule has 1 atom stereocenters. The molecule has 2 heterocycles. The first-order valence-corrected chi connectivity index (χ1v) is 14.7. The van der Waals surface area contributed by atoms with Crippen LogP contribution in [-0.4, -0.2) is 60.7 Å². The summed E-state index contributed by atoms with van der Waals surface area (Å²) >= 11 is 0. The van der Waals surface area contributed by atoms with E-state index in [0.717, 1.165) is 71.6 Å². The molecule has 2 aliphatic rings. The average molecular weight is 573 g/mol. The maximum absolute atomic E-state index is 13.7. The van der Waals surface area contributed by atoms with E-state index < -0.39 is 24.0 Å². The van der Waals surface area contributed by atoms with Crippen LogP contribution in [0.15, 0.2) is 84.9 Å². The minimum Gasteiger partial charge on any atom is -0.354 e. The molecule has 1 fully saturated rings. The summed E-state index contributed by atoms with van der Waals surface area (Å²) in [4.78, 5) is 23.4. The quantitative estimate of drug-likeness (QED) is 0.243. The van der Waals surface area contributed by atoms with Gasteiger partial charge in [0.25, 0.3) is 0 Å². The number of alkyl halides is 3. The molecule has 1 saturated heterocycles. The first-order valence-electron chi connectivity index (χ1n) is 14.7. The van der Waals surface area contributed by atoms with Crippen molar-refractivity contribution >= 4 is 22.6 Å². The summed E-state index contributed by atoms with van der Waals surface area (Å²) in [7, 11) is 0. The molecule has 0 bridgehead atoms. The highest BCUT2D eigenvalue weighted by atomic mass is 19.4. The van der Waals surface area contributed by atoms with Crippen molar-refractivity contribution in [2.75, 3.05) is 37.6 Å². The van der Waals surface area contributed by atoms with E-state index in [1.807, 2.05) is 66.7 Å². The van der Waals surface area contributed by atoms with Crippen molar-refractivity contribution in [1.82, 2.24) is 15.2 Å². The number of unbranched alkanes of at least 4 members (excludes halogenated alkanes) is 1. The molecule has 0 saturated carbocycles. The number of rotatable bonds is 8. The van der Waals surface area contributed by atoms with Gasteiger partial charge < -0.3 is 10.2 Å². The number of nitrogens with zero attached hydrogens (tertiary/aromatic N) is 3. The van der Waals surface area contributed by atoms with Gasteiger partial charge in [-0.15, -0.1) is 0 Å². The number of piperazine rings is 1. The van der Waals surface area contributed by atoms with E-state index in [0.29, 0.717) is 18.9 Å². The predicted molar refractivity (Wildman–Crippen MR) is 161 cm³/mol. The molecule has 0 radical (unpaired) electrons. The number of benzene rings is 3.